The van der Waals surface area contributed by atoms with Gasteiger partial charge in [-0.05, 0) is 37.1 Å². The number of halogens is 1. The van der Waals surface area contributed by atoms with E-state index in [1.54, 1.807) is 19.1 Å². The first-order chi connectivity index (χ1) is 9.91. The van der Waals surface area contributed by atoms with Crippen molar-refractivity contribution in [1.29, 1.82) is 0 Å². The molecule has 0 bridgehead atoms. The molecule has 0 aliphatic carbocycles. The number of hydrogen-bond acceptors (Lipinski definition) is 2. The highest BCUT2D eigenvalue weighted by molar-refractivity contribution is 6.30. The zero-order valence-corrected chi connectivity index (χ0v) is 12.9. The van der Waals surface area contributed by atoms with Gasteiger partial charge < -0.3 is 11.1 Å². The predicted molar refractivity (Wildman–Crippen MR) is 86.0 cm³/mol. The van der Waals surface area contributed by atoms with Crippen LogP contribution in [0.2, 0.25) is 5.02 Å². The average molecular weight is 303 g/mol. The van der Waals surface area contributed by atoms with Crippen LogP contribution in [0.1, 0.15) is 31.0 Å². The Bertz CT molecular complexity index is 608. The van der Waals surface area contributed by atoms with Crippen LogP contribution in [0.4, 0.5) is 0 Å². The summed E-state index contributed by atoms with van der Waals surface area (Å²) in [5.41, 5.74) is 6.90. The minimum Gasteiger partial charge on any atom is -0.348 e. The van der Waals surface area contributed by atoms with Crippen molar-refractivity contribution in [3.63, 3.8) is 0 Å². The molecule has 2 atom stereocenters. The molecule has 0 aromatic heterocycles. The molecular weight excluding hydrogens is 284 g/mol. The third-order valence-corrected chi connectivity index (χ3v) is 3.81. The Morgan fingerprint density at radius 2 is 1.71 bits per heavy atom. The summed E-state index contributed by atoms with van der Waals surface area (Å²) < 4.78 is 0. The Kier molecular flexibility index (Phi) is 4.66. The van der Waals surface area contributed by atoms with Crippen molar-refractivity contribution < 1.29 is 4.79 Å². The highest BCUT2D eigenvalue weighted by Crippen LogP contribution is 2.21. The van der Waals surface area contributed by atoms with E-state index in [1.165, 1.54) is 0 Å². The molecule has 3 nitrogen and oxygen atoms in total. The molecule has 4 heteroatoms. The monoisotopic (exact) mass is 302 g/mol. The Hall–Kier alpha value is -1.84. The van der Waals surface area contributed by atoms with E-state index in [0.29, 0.717) is 5.02 Å². The van der Waals surface area contributed by atoms with Gasteiger partial charge in [0, 0.05) is 5.02 Å². The number of benzene rings is 2. The smallest absolute Gasteiger partial charge is 0.244 e. The molecular formula is C17H19ClN2O. The molecule has 2 aromatic rings. The van der Waals surface area contributed by atoms with E-state index >= 15 is 0 Å². The van der Waals surface area contributed by atoms with Gasteiger partial charge in [-0.25, -0.2) is 0 Å². The third-order valence-electron chi connectivity index (χ3n) is 3.56. The van der Waals surface area contributed by atoms with Crippen LogP contribution in [0.15, 0.2) is 54.6 Å². The largest absolute Gasteiger partial charge is 0.348 e. The normalized spacial score (nSPS) is 15.0. The molecule has 1 amide bonds. The zero-order chi connectivity index (χ0) is 15.5. The van der Waals surface area contributed by atoms with Gasteiger partial charge in [0.1, 0.15) is 5.54 Å². The molecule has 0 saturated carbocycles. The summed E-state index contributed by atoms with van der Waals surface area (Å²) in [5.74, 6) is -0.212. The second-order valence-corrected chi connectivity index (χ2v) is 5.75. The van der Waals surface area contributed by atoms with Gasteiger partial charge in [0.15, 0.2) is 0 Å². The van der Waals surface area contributed by atoms with Crippen molar-refractivity contribution in [2.45, 2.75) is 25.4 Å². The van der Waals surface area contributed by atoms with Crippen LogP contribution in [0.5, 0.6) is 0 Å². The van der Waals surface area contributed by atoms with E-state index in [4.69, 9.17) is 17.3 Å². The second-order valence-electron chi connectivity index (χ2n) is 5.32. The molecule has 2 aromatic carbocycles. The highest BCUT2D eigenvalue weighted by Gasteiger charge is 2.31. The molecule has 0 radical (unpaired) electrons. The van der Waals surface area contributed by atoms with Gasteiger partial charge in [0.2, 0.25) is 5.91 Å². The van der Waals surface area contributed by atoms with Crippen LogP contribution in [0.25, 0.3) is 0 Å². The van der Waals surface area contributed by atoms with Gasteiger partial charge >= 0.3 is 0 Å². The molecule has 21 heavy (non-hydrogen) atoms. The highest BCUT2D eigenvalue weighted by atomic mass is 35.5. The summed E-state index contributed by atoms with van der Waals surface area (Å²) in [5, 5.41) is 3.62. The first kappa shape index (κ1) is 15.5. The Morgan fingerprint density at radius 1 is 1.14 bits per heavy atom. The fourth-order valence-corrected chi connectivity index (χ4v) is 2.22. The molecule has 0 fully saturated rings. The van der Waals surface area contributed by atoms with Gasteiger partial charge in [0.25, 0.3) is 0 Å². The van der Waals surface area contributed by atoms with Crippen LogP contribution >= 0.6 is 11.6 Å². The van der Waals surface area contributed by atoms with Crippen molar-refractivity contribution in [1.82, 2.24) is 5.32 Å². The van der Waals surface area contributed by atoms with Crippen molar-refractivity contribution in [3.8, 4) is 0 Å². The predicted octanol–water partition coefficient (Wildman–Crippen LogP) is 3.39. The van der Waals surface area contributed by atoms with Crippen molar-refractivity contribution in [3.05, 3.63) is 70.7 Å². The molecule has 3 N–H and O–H groups in total. The molecule has 0 aliphatic rings. The Balaban J connectivity index is 2.12. The van der Waals surface area contributed by atoms with E-state index in [2.05, 4.69) is 5.32 Å². The lowest BCUT2D eigenvalue weighted by Crippen LogP contribution is -2.49. The summed E-state index contributed by atoms with van der Waals surface area (Å²) in [7, 11) is 0. The van der Waals surface area contributed by atoms with Gasteiger partial charge in [0.05, 0.1) is 6.04 Å². The second kappa shape index (κ2) is 6.29. The standard InChI is InChI=1S/C17H19ClN2O/c1-12(13-8-10-15(18)11-9-13)20-16(21)17(2,19)14-6-4-3-5-7-14/h3-12H,19H2,1-2H3,(H,20,21)/t12-,17?/m1/s1. The summed E-state index contributed by atoms with van der Waals surface area (Å²) in [6.45, 7) is 3.63. The molecule has 1 unspecified atom stereocenters. The fraction of sp³-hybridized carbons (Fsp3) is 0.235. The summed E-state index contributed by atoms with van der Waals surface area (Å²) >= 11 is 5.87. The lowest BCUT2D eigenvalue weighted by atomic mass is 9.91. The lowest BCUT2D eigenvalue weighted by molar-refractivity contribution is -0.126. The Morgan fingerprint density at radius 3 is 2.29 bits per heavy atom. The maximum atomic E-state index is 12.5. The zero-order valence-electron chi connectivity index (χ0n) is 12.1. The number of nitrogens with two attached hydrogens (primary N) is 1. The third kappa shape index (κ3) is 3.63. The topological polar surface area (TPSA) is 55.1 Å². The van der Waals surface area contributed by atoms with Crippen molar-refractivity contribution in [2.75, 3.05) is 0 Å². The minimum absolute atomic E-state index is 0.138. The van der Waals surface area contributed by atoms with Crippen LogP contribution in [-0.2, 0) is 10.3 Å². The summed E-state index contributed by atoms with van der Waals surface area (Å²) in [6.07, 6.45) is 0. The van der Waals surface area contributed by atoms with Crippen LogP contribution in [-0.4, -0.2) is 5.91 Å². The first-order valence-electron chi connectivity index (χ1n) is 6.82. The first-order valence-corrected chi connectivity index (χ1v) is 7.20. The average Bonchev–Trinajstić information content (AvgIpc) is 2.48. The van der Waals surface area contributed by atoms with Crippen molar-refractivity contribution in [2.24, 2.45) is 5.73 Å². The fourth-order valence-electron chi connectivity index (χ4n) is 2.10. The summed E-state index contributed by atoms with van der Waals surface area (Å²) in [4.78, 5) is 12.5. The van der Waals surface area contributed by atoms with Gasteiger partial charge in [-0.15, -0.1) is 0 Å². The molecule has 0 heterocycles. The van der Waals surface area contributed by atoms with Crippen LogP contribution in [0.3, 0.4) is 0 Å². The quantitative estimate of drug-likeness (QED) is 0.909. The molecule has 110 valence electrons. The Labute approximate surface area is 130 Å². The van der Waals surface area contributed by atoms with E-state index in [1.807, 2.05) is 49.4 Å². The van der Waals surface area contributed by atoms with E-state index in [0.717, 1.165) is 11.1 Å². The number of carbonyl (C=O) groups is 1. The number of amides is 1. The minimum atomic E-state index is -1.07. The number of hydrogen-bond donors (Lipinski definition) is 2. The van der Waals surface area contributed by atoms with Gasteiger partial charge in [-0.3, -0.25) is 4.79 Å². The number of carbonyl (C=O) groups excluding carboxylic acids is 1. The van der Waals surface area contributed by atoms with E-state index in [9.17, 15) is 4.79 Å². The lowest BCUT2D eigenvalue weighted by Gasteiger charge is -2.26. The van der Waals surface area contributed by atoms with Crippen LogP contribution < -0.4 is 11.1 Å². The van der Waals surface area contributed by atoms with E-state index in [-0.39, 0.29) is 11.9 Å². The number of nitrogens with one attached hydrogen (secondary N) is 1. The van der Waals surface area contributed by atoms with Gasteiger partial charge in [-0.2, -0.15) is 0 Å². The molecule has 0 spiro atoms. The molecule has 0 saturated heterocycles. The maximum Gasteiger partial charge on any atom is 0.244 e. The molecule has 0 aliphatic heterocycles. The molecule has 2 rings (SSSR count). The maximum absolute atomic E-state index is 12.5. The van der Waals surface area contributed by atoms with Gasteiger partial charge in [-0.1, -0.05) is 54.1 Å². The SMILES string of the molecule is C[C@@H](NC(=O)C(C)(N)c1ccccc1)c1ccc(Cl)cc1. The van der Waals surface area contributed by atoms with E-state index < -0.39 is 5.54 Å². The van der Waals surface area contributed by atoms with Crippen LogP contribution in [0, 0.1) is 0 Å². The number of rotatable bonds is 4. The van der Waals surface area contributed by atoms with Crippen molar-refractivity contribution >= 4 is 17.5 Å². The summed E-state index contributed by atoms with van der Waals surface area (Å²) in [6, 6.07) is 16.6.